The summed E-state index contributed by atoms with van der Waals surface area (Å²) in [5.41, 5.74) is 0.777. The van der Waals surface area contributed by atoms with Crippen LogP contribution in [0.4, 0.5) is 14.5 Å². The molecule has 220 valence electrons. The highest BCUT2D eigenvalue weighted by Crippen LogP contribution is 2.30. The van der Waals surface area contributed by atoms with Crippen LogP contribution in [0.5, 0.6) is 0 Å². The van der Waals surface area contributed by atoms with Crippen molar-refractivity contribution in [3.63, 3.8) is 0 Å². The zero-order valence-electron chi connectivity index (χ0n) is 22.7. The maximum Gasteiger partial charge on any atom is 0.281 e. The average Bonchev–Trinajstić information content (AvgIpc) is 2.97. The smallest absolute Gasteiger partial charge is 0.281 e. The summed E-state index contributed by atoms with van der Waals surface area (Å²) in [6.07, 6.45) is 1.39. The third-order valence-corrected chi connectivity index (χ3v) is 10.7. The summed E-state index contributed by atoms with van der Waals surface area (Å²) in [6, 6.07) is 17.3. The molecule has 1 saturated heterocycles. The molecule has 0 bridgehead atoms. The normalized spacial score (nSPS) is 14.7. The molecule has 3 aromatic carbocycles. The van der Waals surface area contributed by atoms with E-state index < -0.39 is 37.1 Å². The predicted molar refractivity (Wildman–Crippen MR) is 156 cm³/mol. The summed E-state index contributed by atoms with van der Waals surface area (Å²) in [5, 5.41) is 4.19. The molecule has 1 aromatic heterocycles. The van der Waals surface area contributed by atoms with Gasteiger partial charge in [-0.15, -0.1) is 0 Å². The van der Waals surface area contributed by atoms with E-state index in [1.165, 1.54) is 41.7 Å². The minimum absolute atomic E-state index is 0.0918. The maximum atomic E-state index is 14.0. The molecule has 0 spiro atoms. The summed E-state index contributed by atoms with van der Waals surface area (Å²) in [6.45, 7) is 2.37. The van der Waals surface area contributed by atoms with Crippen LogP contribution >= 0.6 is 0 Å². The topological polar surface area (TPSA) is 110 Å². The Balaban J connectivity index is 1.51. The van der Waals surface area contributed by atoms with Crippen molar-refractivity contribution in [2.45, 2.75) is 17.6 Å². The lowest BCUT2D eigenvalue weighted by molar-refractivity contribution is 0.384. The van der Waals surface area contributed by atoms with Gasteiger partial charge in [-0.3, -0.25) is 4.79 Å². The van der Waals surface area contributed by atoms with Crippen molar-refractivity contribution in [1.82, 2.24) is 14.1 Å². The second-order valence-corrected chi connectivity index (χ2v) is 14.1. The van der Waals surface area contributed by atoms with Crippen molar-refractivity contribution in [1.29, 1.82) is 0 Å². The van der Waals surface area contributed by atoms with E-state index in [1.807, 2.05) is 11.0 Å². The molecule has 13 heteroatoms. The van der Waals surface area contributed by atoms with Gasteiger partial charge in [0.25, 0.3) is 5.56 Å². The number of nitrogens with zero attached hydrogens (tertiary/aromatic N) is 4. The molecule has 0 saturated carbocycles. The van der Waals surface area contributed by atoms with Crippen molar-refractivity contribution in [3.05, 3.63) is 107 Å². The number of hydrogen-bond acceptors (Lipinski definition) is 7. The third-order valence-electron chi connectivity index (χ3n) is 7.10. The number of rotatable bonds is 8. The quantitative estimate of drug-likeness (QED) is 0.298. The molecule has 2 heterocycles. The minimum Gasteiger partial charge on any atom is -0.367 e. The van der Waals surface area contributed by atoms with E-state index in [-0.39, 0.29) is 53.8 Å². The Morgan fingerprint density at radius 1 is 0.833 bits per heavy atom. The first kappa shape index (κ1) is 29.5. The molecule has 0 unspecified atom stereocenters. The van der Waals surface area contributed by atoms with Crippen molar-refractivity contribution in [3.8, 4) is 16.8 Å². The SMILES string of the molecule is CCS(=O)(=O)c1ccc(-c2c(N3CCN(S(=O)(=O)Cc4ccccc4)CC3)cnn(-c3cc(F)cc(F)c3)c2=O)cc1. The Bertz CT molecular complexity index is 1850. The zero-order chi connectivity index (χ0) is 30.1. The first-order valence-corrected chi connectivity index (χ1v) is 16.4. The highest BCUT2D eigenvalue weighted by atomic mass is 32.2. The maximum absolute atomic E-state index is 14.0. The highest BCUT2D eigenvalue weighted by molar-refractivity contribution is 7.91. The molecule has 9 nitrogen and oxygen atoms in total. The van der Waals surface area contributed by atoms with Gasteiger partial charge in [-0.05, 0) is 35.4 Å². The van der Waals surface area contributed by atoms with Gasteiger partial charge in [-0.25, -0.2) is 25.6 Å². The first-order chi connectivity index (χ1) is 20.0. The lowest BCUT2D eigenvalue weighted by atomic mass is 10.1. The Morgan fingerprint density at radius 2 is 1.45 bits per heavy atom. The molecule has 1 fully saturated rings. The Morgan fingerprint density at radius 3 is 2.05 bits per heavy atom. The summed E-state index contributed by atoms with van der Waals surface area (Å²) >= 11 is 0. The van der Waals surface area contributed by atoms with Gasteiger partial charge in [-0.2, -0.15) is 14.1 Å². The van der Waals surface area contributed by atoms with Crippen LogP contribution in [-0.2, 0) is 25.6 Å². The molecule has 5 rings (SSSR count). The third kappa shape index (κ3) is 6.13. The molecule has 1 aliphatic heterocycles. The fourth-order valence-electron chi connectivity index (χ4n) is 4.88. The second kappa shape index (κ2) is 11.7. The minimum atomic E-state index is -3.59. The van der Waals surface area contributed by atoms with Crippen LogP contribution in [0.2, 0.25) is 0 Å². The molecular formula is C29H28F2N4O5S2. The van der Waals surface area contributed by atoms with E-state index in [0.29, 0.717) is 22.9 Å². The number of aromatic nitrogens is 2. The van der Waals surface area contributed by atoms with Gasteiger partial charge in [0.15, 0.2) is 9.84 Å². The Labute approximate surface area is 242 Å². The van der Waals surface area contributed by atoms with E-state index in [9.17, 15) is 30.4 Å². The van der Waals surface area contributed by atoms with Crippen LogP contribution in [0.3, 0.4) is 0 Å². The average molecular weight is 615 g/mol. The number of sulfone groups is 1. The molecule has 42 heavy (non-hydrogen) atoms. The fraction of sp³-hybridized carbons (Fsp3) is 0.241. The molecule has 4 aromatic rings. The van der Waals surface area contributed by atoms with E-state index in [2.05, 4.69) is 5.10 Å². The Hall–Kier alpha value is -3.94. The van der Waals surface area contributed by atoms with Gasteiger partial charge in [0, 0.05) is 32.2 Å². The van der Waals surface area contributed by atoms with Gasteiger partial charge in [0.2, 0.25) is 10.0 Å². The molecule has 0 amide bonds. The van der Waals surface area contributed by atoms with Gasteiger partial charge < -0.3 is 4.90 Å². The van der Waals surface area contributed by atoms with Crippen LogP contribution < -0.4 is 10.5 Å². The molecule has 0 atom stereocenters. The van der Waals surface area contributed by atoms with Crippen LogP contribution in [0.15, 0.2) is 88.7 Å². The second-order valence-electron chi connectivity index (χ2n) is 9.81. The van der Waals surface area contributed by atoms with Crippen LogP contribution in [0, 0.1) is 11.6 Å². The number of anilines is 1. The van der Waals surface area contributed by atoms with E-state index >= 15 is 0 Å². The Kier molecular flexibility index (Phi) is 8.26. The van der Waals surface area contributed by atoms with Crippen molar-refractivity contribution in [2.75, 3.05) is 36.8 Å². The zero-order valence-corrected chi connectivity index (χ0v) is 24.3. The largest absolute Gasteiger partial charge is 0.367 e. The monoisotopic (exact) mass is 614 g/mol. The van der Waals surface area contributed by atoms with Gasteiger partial charge in [0.05, 0.1) is 39.5 Å². The summed E-state index contributed by atoms with van der Waals surface area (Å²) < 4.78 is 81.1. The molecule has 0 aliphatic carbocycles. The standard InChI is InChI=1S/C29H28F2N4O5S2/c1-2-41(37,38)26-10-8-22(9-11-26)28-27(19-32-35(29(28)36)25-17-23(30)16-24(31)18-25)33-12-14-34(15-13-33)42(39,40)20-21-6-4-3-5-7-21/h3-11,16-19H,2,12-15,20H2,1H3. The fourth-order valence-corrected chi connectivity index (χ4v) is 7.28. The van der Waals surface area contributed by atoms with Crippen molar-refractivity contribution < 1.29 is 25.6 Å². The number of hydrogen-bond donors (Lipinski definition) is 0. The molecule has 0 N–H and O–H groups in total. The lowest BCUT2D eigenvalue weighted by Crippen LogP contribution is -2.49. The molecule has 0 radical (unpaired) electrons. The van der Waals surface area contributed by atoms with Gasteiger partial charge in [0.1, 0.15) is 11.6 Å². The highest BCUT2D eigenvalue weighted by Gasteiger charge is 2.29. The van der Waals surface area contributed by atoms with Gasteiger partial charge in [-0.1, -0.05) is 49.4 Å². The van der Waals surface area contributed by atoms with E-state index in [1.54, 1.807) is 24.3 Å². The van der Waals surface area contributed by atoms with E-state index in [4.69, 9.17) is 0 Å². The van der Waals surface area contributed by atoms with Crippen molar-refractivity contribution in [2.24, 2.45) is 0 Å². The van der Waals surface area contributed by atoms with Crippen LogP contribution in [0.1, 0.15) is 12.5 Å². The number of benzene rings is 3. The number of piperazine rings is 1. The molecular weight excluding hydrogens is 586 g/mol. The van der Waals surface area contributed by atoms with E-state index in [0.717, 1.165) is 16.8 Å². The first-order valence-electron chi connectivity index (χ1n) is 13.2. The van der Waals surface area contributed by atoms with Crippen molar-refractivity contribution >= 4 is 25.5 Å². The summed E-state index contributed by atoms with van der Waals surface area (Å²) in [7, 11) is -7.08. The van der Waals surface area contributed by atoms with Crippen LogP contribution in [0.25, 0.3) is 16.8 Å². The summed E-state index contributed by atoms with van der Waals surface area (Å²) in [4.78, 5) is 15.7. The van der Waals surface area contributed by atoms with Crippen LogP contribution in [-0.4, -0.2) is 62.9 Å². The van der Waals surface area contributed by atoms with Gasteiger partial charge >= 0.3 is 0 Å². The lowest BCUT2D eigenvalue weighted by Gasteiger charge is -2.36. The molecule has 1 aliphatic rings. The predicted octanol–water partition coefficient (Wildman–Crippen LogP) is 3.62. The number of sulfonamides is 1. The summed E-state index contributed by atoms with van der Waals surface area (Å²) in [5.74, 6) is -1.99. The number of halogens is 2.